The molecule has 98 valence electrons. The molecule has 2 rings (SSSR count). The molecule has 19 heavy (non-hydrogen) atoms. The third-order valence-corrected chi connectivity index (χ3v) is 2.55. The van der Waals surface area contributed by atoms with Gasteiger partial charge in [-0.2, -0.15) is 4.39 Å². The van der Waals surface area contributed by atoms with Crippen molar-refractivity contribution in [2.75, 3.05) is 12.4 Å². The van der Waals surface area contributed by atoms with E-state index in [2.05, 4.69) is 10.3 Å². The first-order chi connectivity index (χ1) is 9.20. The van der Waals surface area contributed by atoms with Crippen molar-refractivity contribution < 1.29 is 13.9 Å². The third kappa shape index (κ3) is 3.35. The molecule has 0 fully saturated rings. The van der Waals surface area contributed by atoms with Crippen LogP contribution in [0.4, 0.5) is 10.1 Å². The Morgan fingerprint density at radius 3 is 2.79 bits per heavy atom. The summed E-state index contributed by atoms with van der Waals surface area (Å²) >= 11 is 0. The number of hydrogen-bond donors (Lipinski definition) is 1. The fourth-order valence-corrected chi connectivity index (χ4v) is 1.63. The number of ether oxygens (including phenoxy) is 1. The highest BCUT2D eigenvalue weighted by molar-refractivity contribution is 6.04. The van der Waals surface area contributed by atoms with Gasteiger partial charge in [-0.25, -0.2) is 4.98 Å². The monoisotopic (exact) mass is 260 g/mol. The van der Waals surface area contributed by atoms with Gasteiger partial charge < -0.3 is 10.1 Å². The Labute approximate surface area is 110 Å². The van der Waals surface area contributed by atoms with Crippen molar-refractivity contribution in [2.45, 2.75) is 6.61 Å². The standard InChI is InChI=1S/C14H13FN2O2/c1-19-9-11-4-2-3-5-12(11)17-14(18)10-6-7-13(15)16-8-10/h2-8H,9H2,1H3,(H,17,18). The minimum Gasteiger partial charge on any atom is -0.380 e. The van der Waals surface area contributed by atoms with Gasteiger partial charge in [0.2, 0.25) is 5.95 Å². The number of halogens is 1. The summed E-state index contributed by atoms with van der Waals surface area (Å²) < 4.78 is 17.7. The number of methoxy groups -OCH3 is 1. The zero-order valence-corrected chi connectivity index (χ0v) is 10.4. The average molecular weight is 260 g/mol. The maximum Gasteiger partial charge on any atom is 0.257 e. The summed E-state index contributed by atoms with van der Waals surface area (Å²) in [5.41, 5.74) is 1.83. The van der Waals surface area contributed by atoms with Crippen molar-refractivity contribution in [1.82, 2.24) is 4.98 Å². The van der Waals surface area contributed by atoms with Gasteiger partial charge in [0.1, 0.15) is 0 Å². The molecule has 0 bridgehead atoms. The van der Waals surface area contributed by atoms with Crippen LogP contribution in [0.2, 0.25) is 0 Å². The molecule has 0 saturated carbocycles. The lowest BCUT2D eigenvalue weighted by Crippen LogP contribution is -2.13. The number of nitrogens with one attached hydrogen (secondary N) is 1. The van der Waals surface area contributed by atoms with Gasteiger partial charge in [-0.15, -0.1) is 0 Å². The molecule has 1 N–H and O–H groups in total. The van der Waals surface area contributed by atoms with Crippen LogP contribution in [0.25, 0.3) is 0 Å². The fourth-order valence-electron chi connectivity index (χ4n) is 1.63. The maximum absolute atomic E-state index is 12.7. The lowest BCUT2D eigenvalue weighted by Gasteiger charge is -2.10. The summed E-state index contributed by atoms with van der Waals surface area (Å²) in [7, 11) is 1.59. The summed E-state index contributed by atoms with van der Waals surface area (Å²) in [5, 5.41) is 2.75. The molecule has 4 nitrogen and oxygen atoms in total. The number of benzene rings is 1. The summed E-state index contributed by atoms with van der Waals surface area (Å²) in [4.78, 5) is 15.4. The molecule has 2 aromatic rings. The Hall–Kier alpha value is -2.27. The largest absolute Gasteiger partial charge is 0.380 e. The van der Waals surface area contributed by atoms with Crippen molar-refractivity contribution >= 4 is 11.6 Å². The molecular formula is C14H13FN2O2. The first kappa shape index (κ1) is 13.2. The van der Waals surface area contributed by atoms with Gasteiger partial charge >= 0.3 is 0 Å². The molecule has 1 amide bonds. The molecule has 0 aliphatic rings. The first-order valence-corrected chi connectivity index (χ1v) is 5.70. The van der Waals surface area contributed by atoms with Gasteiger partial charge in [-0.05, 0) is 18.2 Å². The highest BCUT2D eigenvalue weighted by Crippen LogP contribution is 2.16. The van der Waals surface area contributed by atoms with Crippen LogP contribution in [0.5, 0.6) is 0 Å². The lowest BCUT2D eigenvalue weighted by atomic mass is 10.1. The second-order valence-corrected chi connectivity index (χ2v) is 3.91. The van der Waals surface area contributed by atoms with Crippen molar-refractivity contribution in [1.29, 1.82) is 0 Å². The summed E-state index contributed by atoms with van der Waals surface area (Å²) in [6, 6.07) is 9.86. The van der Waals surface area contributed by atoms with E-state index in [-0.39, 0.29) is 5.91 Å². The van der Waals surface area contributed by atoms with Crippen LogP contribution in [0, 0.1) is 5.95 Å². The number of carbonyl (C=O) groups is 1. The molecule has 0 spiro atoms. The van der Waals surface area contributed by atoms with E-state index in [0.29, 0.717) is 17.9 Å². The van der Waals surface area contributed by atoms with Crippen LogP contribution < -0.4 is 5.32 Å². The summed E-state index contributed by atoms with van der Waals surface area (Å²) in [6.07, 6.45) is 1.20. The van der Waals surface area contributed by atoms with Crippen LogP contribution >= 0.6 is 0 Å². The number of amides is 1. The second-order valence-electron chi connectivity index (χ2n) is 3.91. The van der Waals surface area contributed by atoms with Gasteiger partial charge in [0.15, 0.2) is 0 Å². The topological polar surface area (TPSA) is 51.2 Å². The second kappa shape index (κ2) is 6.06. The number of nitrogens with zero attached hydrogens (tertiary/aromatic N) is 1. The molecule has 0 radical (unpaired) electrons. The van der Waals surface area contributed by atoms with E-state index in [0.717, 1.165) is 11.6 Å². The molecular weight excluding hydrogens is 247 g/mol. The molecule has 0 aliphatic carbocycles. The molecule has 0 saturated heterocycles. The van der Waals surface area contributed by atoms with Gasteiger partial charge in [-0.3, -0.25) is 4.79 Å². The van der Waals surface area contributed by atoms with Crippen LogP contribution in [0.1, 0.15) is 15.9 Å². The number of pyridine rings is 1. The summed E-state index contributed by atoms with van der Waals surface area (Å²) in [5.74, 6) is -0.951. The number of hydrogen-bond acceptors (Lipinski definition) is 3. The highest BCUT2D eigenvalue weighted by atomic mass is 19.1. The van der Waals surface area contributed by atoms with E-state index < -0.39 is 5.95 Å². The minimum atomic E-state index is -0.615. The quantitative estimate of drug-likeness (QED) is 0.860. The van der Waals surface area contributed by atoms with Crippen LogP contribution in [0.15, 0.2) is 42.6 Å². The Kier molecular flexibility index (Phi) is 4.20. The fraction of sp³-hybridized carbons (Fsp3) is 0.143. The predicted octanol–water partition coefficient (Wildman–Crippen LogP) is 2.62. The van der Waals surface area contributed by atoms with E-state index in [9.17, 15) is 9.18 Å². The van der Waals surface area contributed by atoms with E-state index in [1.807, 2.05) is 18.2 Å². The Morgan fingerprint density at radius 2 is 2.11 bits per heavy atom. The van der Waals surface area contributed by atoms with E-state index in [1.165, 1.54) is 12.3 Å². The zero-order valence-electron chi connectivity index (χ0n) is 10.4. The normalized spacial score (nSPS) is 10.2. The summed E-state index contributed by atoms with van der Waals surface area (Å²) in [6.45, 7) is 0.401. The third-order valence-electron chi connectivity index (χ3n) is 2.55. The highest BCUT2D eigenvalue weighted by Gasteiger charge is 2.09. The predicted molar refractivity (Wildman–Crippen MR) is 69.3 cm³/mol. The smallest absolute Gasteiger partial charge is 0.257 e. The van der Waals surface area contributed by atoms with E-state index in [1.54, 1.807) is 13.2 Å². The Morgan fingerprint density at radius 1 is 1.32 bits per heavy atom. The number of rotatable bonds is 4. The van der Waals surface area contributed by atoms with Gasteiger partial charge in [0.05, 0.1) is 12.2 Å². The Bertz CT molecular complexity index is 570. The minimum absolute atomic E-state index is 0.300. The molecule has 1 heterocycles. The van der Waals surface area contributed by atoms with Crippen molar-refractivity contribution in [3.05, 3.63) is 59.7 Å². The van der Waals surface area contributed by atoms with Gasteiger partial charge in [-0.1, -0.05) is 18.2 Å². The molecule has 5 heteroatoms. The lowest BCUT2D eigenvalue weighted by molar-refractivity contribution is 0.102. The molecule has 0 aliphatic heterocycles. The van der Waals surface area contributed by atoms with Crippen molar-refractivity contribution in [2.24, 2.45) is 0 Å². The van der Waals surface area contributed by atoms with E-state index >= 15 is 0 Å². The van der Waals surface area contributed by atoms with Gasteiger partial charge in [0.25, 0.3) is 5.91 Å². The molecule has 0 atom stereocenters. The number of anilines is 1. The zero-order chi connectivity index (χ0) is 13.7. The first-order valence-electron chi connectivity index (χ1n) is 5.70. The van der Waals surface area contributed by atoms with Crippen LogP contribution in [-0.4, -0.2) is 18.0 Å². The number of carbonyl (C=O) groups excluding carboxylic acids is 1. The Balaban J connectivity index is 2.16. The van der Waals surface area contributed by atoms with Gasteiger partial charge in [0, 0.05) is 24.6 Å². The van der Waals surface area contributed by atoms with Crippen molar-refractivity contribution in [3.63, 3.8) is 0 Å². The molecule has 1 aromatic heterocycles. The number of para-hydroxylation sites is 1. The maximum atomic E-state index is 12.7. The SMILES string of the molecule is COCc1ccccc1NC(=O)c1ccc(F)nc1. The van der Waals surface area contributed by atoms with Crippen molar-refractivity contribution in [3.8, 4) is 0 Å². The molecule has 0 unspecified atom stereocenters. The van der Waals surface area contributed by atoms with Crippen LogP contribution in [0.3, 0.4) is 0 Å². The number of aromatic nitrogens is 1. The van der Waals surface area contributed by atoms with E-state index in [4.69, 9.17) is 4.74 Å². The average Bonchev–Trinajstić information content (AvgIpc) is 2.42. The van der Waals surface area contributed by atoms with Crippen LogP contribution in [-0.2, 0) is 11.3 Å². The molecule has 1 aromatic carbocycles.